The van der Waals surface area contributed by atoms with Gasteiger partial charge in [-0.3, -0.25) is 9.69 Å². The van der Waals surface area contributed by atoms with E-state index in [4.69, 9.17) is 0 Å². The first kappa shape index (κ1) is 15.4. The van der Waals surface area contributed by atoms with Gasteiger partial charge in [0.1, 0.15) is 0 Å². The molecule has 0 unspecified atom stereocenters. The van der Waals surface area contributed by atoms with Gasteiger partial charge in [-0.2, -0.15) is 0 Å². The second kappa shape index (κ2) is 8.29. The van der Waals surface area contributed by atoms with E-state index in [0.29, 0.717) is 13.1 Å². The zero-order chi connectivity index (χ0) is 14.2. The molecule has 110 valence electrons. The minimum Gasteiger partial charge on any atom is -0.395 e. The predicted molar refractivity (Wildman–Crippen MR) is 81.9 cm³/mol. The van der Waals surface area contributed by atoms with Gasteiger partial charge < -0.3 is 10.4 Å². The SMILES string of the molecule is O=C(CN1CCC[C@H]1CO)NCCSc1ccccc1. The van der Waals surface area contributed by atoms with E-state index in [-0.39, 0.29) is 18.6 Å². The van der Waals surface area contributed by atoms with Crippen LogP contribution in [-0.2, 0) is 4.79 Å². The van der Waals surface area contributed by atoms with Crippen molar-refractivity contribution in [3.63, 3.8) is 0 Å². The molecule has 0 aromatic heterocycles. The van der Waals surface area contributed by atoms with Crippen LogP contribution < -0.4 is 5.32 Å². The van der Waals surface area contributed by atoms with Gasteiger partial charge in [0.15, 0.2) is 0 Å². The fraction of sp³-hybridized carbons (Fsp3) is 0.533. The molecule has 0 spiro atoms. The maximum Gasteiger partial charge on any atom is 0.234 e. The molecule has 0 saturated carbocycles. The van der Waals surface area contributed by atoms with E-state index in [1.807, 2.05) is 18.2 Å². The molecule has 1 aliphatic heterocycles. The first-order valence-electron chi connectivity index (χ1n) is 7.09. The highest BCUT2D eigenvalue weighted by atomic mass is 32.2. The minimum atomic E-state index is 0.0546. The van der Waals surface area contributed by atoms with E-state index >= 15 is 0 Å². The first-order chi connectivity index (χ1) is 9.79. The second-order valence-electron chi connectivity index (χ2n) is 4.96. The molecule has 1 atom stereocenters. The van der Waals surface area contributed by atoms with E-state index in [9.17, 15) is 9.90 Å². The Morgan fingerprint density at radius 3 is 2.95 bits per heavy atom. The van der Waals surface area contributed by atoms with Crippen molar-refractivity contribution in [2.24, 2.45) is 0 Å². The maximum atomic E-state index is 11.8. The van der Waals surface area contributed by atoms with Crippen molar-refractivity contribution in [1.29, 1.82) is 0 Å². The lowest BCUT2D eigenvalue weighted by atomic mass is 10.2. The number of aliphatic hydroxyl groups excluding tert-OH is 1. The summed E-state index contributed by atoms with van der Waals surface area (Å²) in [5, 5.41) is 12.2. The summed E-state index contributed by atoms with van der Waals surface area (Å²) in [6.07, 6.45) is 2.07. The van der Waals surface area contributed by atoms with Crippen LogP contribution in [0.3, 0.4) is 0 Å². The Kier molecular flexibility index (Phi) is 6.36. The third-order valence-corrected chi connectivity index (χ3v) is 4.51. The number of hydrogen-bond acceptors (Lipinski definition) is 4. The molecule has 5 heteroatoms. The molecule has 1 aromatic rings. The van der Waals surface area contributed by atoms with Crippen LogP contribution in [0, 0.1) is 0 Å². The number of thioether (sulfide) groups is 1. The molecule has 0 aliphatic carbocycles. The van der Waals surface area contributed by atoms with E-state index < -0.39 is 0 Å². The number of hydrogen-bond donors (Lipinski definition) is 2. The molecule has 1 aromatic carbocycles. The number of benzene rings is 1. The average Bonchev–Trinajstić information content (AvgIpc) is 2.92. The summed E-state index contributed by atoms with van der Waals surface area (Å²) in [4.78, 5) is 15.1. The van der Waals surface area contributed by atoms with Gasteiger partial charge in [0.05, 0.1) is 13.2 Å². The van der Waals surface area contributed by atoms with Gasteiger partial charge in [0.25, 0.3) is 0 Å². The summed E-state index contributed by atoms with van der Waals surface area (Å²) in [5.41, 5.74) is 0. The third kappa shape index (κ3) is 4.81. The van der Waals surface area contributed by atoms with Crippen molar-refractivity contribution in [2.75, 3.05) is 32.0 Å². The molecule has 2 rings (SSSR count). The van der Waals surface area contributed by atoms with Gasteiger partial charge in [-0.25, -0.2) is 0 Å². The second-order valence-corrected chi connectivity index (χ2v) is 6.13. The number of nitrogens with zero attached hydrogens (tertiary/aromatic N) is 1. The predicted octanol–water partition coefficient (Wildman–Crippen LogP) is 1.35. The zero-order valence-corrected chi connectivity index (χ0v) is 12.4. The van der Waals surface area contributed by atoms with Gasteiger partial charge in [0, 0.05) is 23.2 Å². The third-order valence-electron chi connectivity index (χ3n) is 3.49. The normalized spacial score (nSPS) is 19.1. The van der Waals surface area contributed by atoms with Crippen molar-refractivity contribution in [3.05, 3.63) is 30.3 Å². The average molecular weight is 294 g/mol. The Hall–Kier alpha value is -1.04. The van der Waals surface area contributed by atoms with E-state index in [1.165, 1.54) is 4.90 Å². The summed E-state index contributed by atoms with van der Waals surface area (Å²) >= 11 is 1.74. The van der Waals surface area contributed by atoms with Gasteiger partial charge in [-0.1, -0.05) is 18.2 Å². The number of rotatable bonds is 7. The lowest BCUT2D eigenvalue weighted by molar-refractivity contribution is -0.122. The summed E-state index contributed by atoms with van der Waals surface area (Å²) in [5.74, 6) is 0.929. The topological polar surface area (TPSA) is 52.6 Å². The standard InChI is InChI=1S/C15H22N2O2S/c18-12-13-5-4-9-17(13)11-15(19)16-8-10-20-14-6-2-1-3-7-14/h1-3,6-7,13,18H,4-5,8-12H2,(H,16,19)/t13-/m0/s1. The van der Waals surface area contributed by atoms with Gasteiger partial charge in [-0.15, -0.1) is 11.8 Å². The molecule has 4 nitrogen and oxygen atoms in total. The molecular formula is C15H22N2O2S. The van der Waals surface area contributed by atoms with Crippen molar-refractivity contribution in [3.8, 4) is 0 Å². The van der Waals surface area contributed by atoms with E-state index in [1.54, 1.807) is 11.8 Å². The smallest absolute Gasteiger partial charge is 0.234 e. The van der Waals surface area contributed by atoms with Crippen LogP contribution in [0.2, 0.25) is 0 Å². The highest BCUT2D eigenvalue weighted by molar-refractivity contribution is 7.99. The summed E-state index contributed by atoms with van der Waals surface area (Å²) < 4.78 is 0. The molecule has 1 saturated heterocycles. The largest absolute Gasteiger partial charge is 0.395 e. The van der Waals surface area contributed by atoms with Crippen LogP contribution >= 0.6 is 11.8 Å². The number of nitrogens with one attached hydrogen (secondary N) is 1. The molecule has 0 bridgehead atoms. The van der Waals surface area contributed by atoms with Gasteiger partial charge in [0.2, 0.25) is 5.91 Å². The highest BCUT2D eigenvalue weighted by Crippen LogP contribution is 2.16. The molecular weight excluding hydrogens is 272 g/mol. The summed E-state index contributed by atoms with van der Waals surface area (Å²) in [6, 6.07) is 10.3. The zero-order valence-electron chi connectivity index (χ0n) is 11.6. The molecule has 1 fully saturated rings. The van der Waals surface area contributed by atoms with Crippen LogP contribution in [0.15, 0.2) is 35.2 Å². The summed E-state index contributed by atoms with van der Waals surface area (Å²) in [7, 11) is 0. The van der Waals surface area contributed by atoms with Crippen LogP contribution in [0.5, 0.6) is 0 Å². The molecule has 20 heavy (non-hydrogen) atoms. The Morgan fingerprint density at radius 1 is 1.40 bits per heavy atom. The molecule has 0 radical (unpaired) electrons. The fourth-order valence-electron chi connectivity index (χ4n) is 2.43. The minimum absolute atomic E-state index is 0.0546. The number of carbonyl (C=O) groups is 1. The van der Waals surface area contributed by atoms with E-state index in [0.717, 1.165) is 25.1 Å². The Balaban J connectivity index is 1.61. The van der Waals surface area contributed by atoms with E-state index in [2.05, 4.69) is 22.3 Å². The highest BCUT2D eigenvalue weighted by Gasteiger charge is 2.25. The van der Waals surface area contributed by atoms with Crippen molar-refractivity contribution < 1.29 is 9.90 Å². The van der Waals surface area contributed by atoms with Crippen LogP contribution in [0.4, 0.5) is 0 Å². The van der Waals surface area contributed by atoms with Crippen LogP contribution in [-0.4, -0.2) is 53.9 Å². The Bertz CT molecular complexity index is 414. The number of aliphatic hydroxyl groups is 1. The number of likely N-dealkylation sites (tertiary alicyclic amines) is 1. The first-order valence-corrected chi connectivity index (χ1v) is 8.07. The van der Waals surface area contributed by atoms with Crippen molar-refractivity contribution in [2.45, 2.75) is 23.8 Å². The molecule has 1 heterocycles. The number of carbonyl (C=O) groups excluding carboxylic acids is 1. The molecule has 1 aliphatic rings. The maximum absolute atomic E-state index is 11.8. The van der Waals surface area contributed by atoms with Gasteiger partial charge >= 0.3 is 0 Å². The molecule has 1 amide bonds. The molecule has 2 N–H and O–H groups in total. The van der Waals surface area contributed by atoms with Gasteiger partial charge in [-0.05, 0) is 31.5 Å². The fourth-order valence-corrected chi connectivity index (χ4v) is 3.22. The monoisotopic (exact) mass is 294 g/mol. The van der Waals surface area contributed by atoms with Crippen molar-refractivity contribution >= 4 is 17.7 Å². The lowest BCUT2D eigenvalue weighted by Crippen LogP contribution is -2.41. The van der Waals surface area contributed by atoms with Crippen molar-refractivity contribution in [1.82, 2.24) is 10.2 Å². The quantitative estimate of drug-likeness (QED) is 0.589. The Morgan fingerprint density at radius 2 is 2.20 bits per heavy atom. The van der Waals surface area contributed by atoms with Crippen LogP contribution in [0.25, 0.3) is 0 Å². The summed E-state index contributed by atoms with van der Waals surface area (Å²) in [6.45, 7) is 2.14. The Labute approximate surface area is 124 Å². The lowest BCUT2D eigenvalue weighted by Gasteiger charge is -2.21. The van der Waals surface area contributed by atoms with Crippen LogP contribution in [0.1, 0.15) is 12.8 Å². The number of amides is 1.